The van der Waals surface area contributed by atoms with Crippen molar-refractivity contribution in [2.45, 2.75) is 54.8 Å². The first-order chi connectivity index (χ1) is 22.6. The van der Waals surface area contributed by atoms with E-state index in [1.807, 2.05) is 43.3 Å². The lowest BCUT2D eigenvalue weighted by Gasteiger charge is -2.37. The maximum atomic E-state index is 14.7. The van der Waals surface area contributed by atoms with Gasteiger partial charge in [0.25, 0.3) is 5.91 Å². The Balaban J connectivity index is 1.48. The van der Waals surface area contributed by atoms with Crippen LogP contribution in [0.1, 0.15) is 36.4 Å². The fraction of sp³-hybridized carbons (Fsp3) is 0.429. The van der Waals surface area contributed by atoms with E-state index in [4.69, 9.17) is 21.1 Å². The minimum Gasteiger partial charge on any atom is -0.463 e. The van der Waals surface area contributed by atoms with Crippen LogP contribution < -0.4 is 10.2 Å². The Morgan fingerprint density at radius 2 is 1.96 bits per heavy atom. The molecule has 0 aromatic heterocycles. The predicted octanol–water partition coefficient (Wildman–Crippen LogP) is 4.27. The summed E-state index contributed by atoms with van der Waals surface area (Å²) >= 11 is 10.3. The third-order valence-electron chi connectivity index (χ3n) is 9.18. The summed E-state index contributed by atoms with van der Waals surface area (Å²) in [7, 11) is 0. The third-order valence-corrected chi connectivity index (χ3v) is 10.3. The number of ether oxygens (including phenoxy) is 2. The van der Waals surface area contributed by atoms with E-state index < -0.39 is 65.9 Å². The van der Waals surface area contributed by atoms with Crippen molar-refractivity contribution >= 4 is 56.9 Å². The molecule has 3 saturated heterocycles. The van der Waals surface area contributed by atoms with Gasteiger partial charge in [-0.15, -0.1) is 13.2 Å². The smallest absolute Gasteiger partial charge is 0.306 e. The van der Waals surface area contributed by atoms with Crippen LogP contribution in [0.4, 0.5) is 5.69 Å². The van der Waals surface area contributed by atoms with Gasteiger partial charge in [-0.2, -0.15) is 0 Å². The number of β-amino-alcohol motifs (C(OH)–C–C–N with tert-alkyl or cyclic N) is 1. The SMILES string of the molecule is C=CCCC(=O)OC[C@@H](NC(=O)[C@@H]1[C@H]2O[C@@]3(CC2Br)[C@H](C(=O)N(CC=C)c2c(C)cccc2Cl)N(CCO)C(=O)[C@@H]13)c1ccccc1. The molecular formula is C35H39BrClN3O7. The average Bonchev–Trinajstić information content (AvgIpc) is 3.65. The van der Waals surface area contributed by atoms with Crippen molar-refractivity contribution in [3.63, 3.8) is 0 Å². The van der Waals surface area contributed by atoms with Gasteiger partial charge in [-0.3, -0.25) is 19.2 Å². The zero-order chi connectivity index (χ0) is 33.9. The largest absolute Gasteiger partial charge is 0.463 e. The number of carbonyl (C=O) groups excluding carboxylic acids is 4. The average molecular weight is 729 g/mol. The molecule has 2 aromatic carbocycles. The number of aryl methyl sites for hydroxylation is 1. The van der Waals surface area contributed by atoms with Gasteiger partial charge in [0.1, 0.15) is 18.2 Å². The summed E-state index contributed by atoms with van der Waals surface area (Å²) in [5, 5.41) is 13.4. The second-order valence-corrected chi connectivity index (χ2v) is 13.6. The molecule has 47 heavy (non-hydrogen) atoms. The van der Waals surface area contributed by atoms with E-state index in [1.54, 1.807) is 24.3 Å². The summed E-state index contributed by atoms with van der Waals surface area (Å²) < 4.78 is 12.1. The van der Waals surface area contributed by atoms with Crippen molar-refractivity contribution < 1.29 is 33.8 Å². The van der Waals surface area contributed by atoms with Crippen LogP contribution in [0.3, 0.4) is 0 Å². The number of hydrogen-bond acceptors (Lipinski definition) is 7. The van der Waals surface area contributed by atoms with Crippen LogP contribution >= 0.6 is 27.5 Å². The number of nitrogens with one attached hydrogen (secondary N) is 1. The number of carbonyl (C=O) groups is 4. The minimum atomic E-state index is -1.35. The van der Waals surface area contributed by atoms with Gasteiger partial charge in [0, 0.05) is 24.3 Å². The first-order valence-corrected chi connectivity index (χ1v) is 16.9. The molecule has 2 N–H and O–H groups in total. The van der Waals surface area contributed by atoms with Crippen LogP contribution in [0, 0.1) is 18.8 Å². The topological polar surface area (TPSA) is 125 Å². The number of amides is 3. The molecule has 0 aliphatic carbocycles. The molecular weight excluding hydrogens is 690 g/mol. The second kappa shape index (κ2) is 14.7. The number of para-hydroxylation sites is 1. The van der Waals surface area contributed by atoms with E-state index in [1.165, 1.54) is 9.80 Å². The molecule has 3 heterocycles. The summed E-state index contributed by atoms with van der Waals surface area (Å²) in [5.41, 5.74) is 0.609. The van der Waals surface area contributed by atoms with Crippen molar-refractivity contribution in [2.75, 3.05) is 31.2 Å². The highest BCUT2D eigenvalue weighted by atomic mass is 79.9. The van der Waals surface area contributed by atoms with Gasteiger partial charge in [-0.05, 0) is 37.0 Å². The van der Waals surface area contributed by atoms with Crippen LogP contribution in [0.25, 0.3) is 0 Å². The molecule has 5 rings (SSSR count). The molecule has 3 aliphatic rings. The maximum Gasteiger partial charge on any atom is 0.306 e. The molecule has 10 nitrogen and oxygen atoms in total. The Hall–Kier alpha value is -3.51. The molecule has 2 bridgehead atoms. The molecule has 1 unspecified atom stereocenters. The van der Waals surface area contributed by atoms with Gasteiger partial charge in [-0.25, -0.2) is 0 Å². The van der Waals surface area contributed by atoms with Crippen LogP contribution in [0.5, 0.6) is 0 Å². The Morgan fingerprint density at radius 3 is 2.62 bits per heavy atom. The molecule has 1 spiro atoms. The van der Waals surface area contributed by atoms with Crippen LogP contribution in [0.2, 0.25) is 5.02 Å². The number of hydrogen-bond donors (Lipinski definition) is 2. The number of benzene rings is 2. The van der Waals surface area contributed by atoms with Crippen LogP contribution in [-0.2, 0) is 28.7 Å². The molecule has 12 heteroatoms. The van der Waals surface area contributed by atoms with E-state index in [2.05, 4.69) is 34.4 Å². The van der Waals surface area contributed by atoms with Crippen molar-refractivity contribution in [3.8, 4) is 0 Å². The highest BCUT2D eigenvalue weighted by Crippen LogP contribution is 2.60. The first kappa shape index (κ1) is 34.8. The Kier molecular flexibility index (Phi) is 10.9. The van der Waals surface area contributed by atoms with Crippen LogP contribution in [0.15, 0.2) is 73.8 Å². The van der Waals surface area contributed by atoms with Gasteiger partial charge >= 0.3 is 5.97 Å². The molecule has 2 aromatic rings. The van der Waals surface area contributed by atoms with E-state index in [-0.39, 0.29) is 30.9 Å². The van der Waals surface area contributed by atoms with Gasteiger partial charge in [0.05, 0.1) is 41.3 Å². The molecule has 0 saturated carbocycles. The van der Waals surface area contributed by atoms with Gasteiger partial charge < -0.3 is 29.7 Å². The van der Waals surface area contributed by atoms with Crippen molar-refractivity contribution in [1.29, 1.82) is 0 Å². The molecule has 3 aliphatic heterocycles. The molecule has 3 amide bonds. The van der Waals surface area contributed by atoms with Crippen molar-refractivity contribution in [2.24, 2.45) is 11.8 Å². The number of likely N-dealkylation sites (tertiary alicyclic amines) is 1. The van der Waals surface area contributed by atoms with E-state index >= 15 is 0 Å². The standard InChI is InChI=1S/C35H39BrClN3O7/c1-4-6-15-26(42)46-20-25(22-12-8-7-9-13-22)38-32(43)27-28-33(44)40(17-18-41)31(35(28)19-23(36)30(27)47-35)34(45)39(16-5-2)29-21(3)11-10-14-24(29)37/h4-5,7-14,23,25,27-28,30-31,41H,1-2,6,15-20H2,3H3,(H,38,43)/t23?,25-,27+,28-,30+,31+,35-/m1/s1. The maximum absolute atomic E-state index is 14.7. The highest BCUT2D eigenvalue weighted by molar-refractivity contribution is 9.09. The lowest BCUT2D eigenvalue weighted by Crippen LogP contribution is -2.57. The predicted molar refractivity (Wildman–Crippen MR) is 181 cm³/mol. The second-order valence-electron chi connectivity index (χ2n) is 12.0. The monoisotopic (exact) mass is 727 g/mol. The quantitative estimate of drug-likeness (QED) is 0.169. The van der Waals surface area contributed by atoms with Gasteiger partial charge in [0.15, 0.2) is 0 Å². The molecule has 0 radical (unpaired) electrons. The zero-order valence-corrected chi connectivity index (χ0v) is 28.5. The number of fused-ring (bicyclic) bond motifs is 1. The van der Waals surface area contributed by atoms with E-state index in [9.17, 15) is 24.3 Å². The first-order valence-electron chi connectivity index (χ1n) is 15.6. The van der Waals surface area contributed by atoms with E-state index in [0.717, 1.165) is 11.1 Å². The van der Waals surface area contributed by atoms with E-state index in [0.29, 0.717) is 23.6 Å². The summed E-state index contributed by atoms with van der Waals surface area (Å²) in [6, 6.07) is 12.6. The van der Waals surface area contributed by atoms with Gasteiger partial charge in [0.2, 0.25) is 11.8 Å². The highest BCUT2D eigenvalue weighted by Gasteiger charge is 2.76. The zero-order valence-electron chi connectivity index (χ0n) is 26.1. The lowest BCUT2D eigenvalue weighted by atomic mass is 9.70. The number of aliphatic hydroxyl groups excluding tert-OH is 1. The Bertz CT molecular complexity index is 1520. The fourth-order valence-corrected chi connectivity index (χ4v) is 8.50. The molecule has 3 fully saturated rings. The lowest BCUT2D eigenvalue weighted by molar-refractivity contribution is -0.146. The normalized spacial score (nSPS) is 26.4. The molecule has 7 atom stereocenters. The summed E-state index contributed by atoms with van der Waals surface area (Å²) in [6.07, 6.45) is 3.41. The van der Waals surface area contributed by atoms with Crippen LogP contribution in [-0.4, -0.2) is 82.6 Å². The number of allylic oxidation sites excluding steroid dienone is 1. The number of anilines is 1. The number of rotatable bonds is 14. The summed E-state index contributed by atoms with van der Waals surface area (Å²) in [4.78, 5) is 58.0. The Labute approximate surface area is 287 Å². The number of nitrogens with zero attached hydrogens (tertiary/aromatic N) is 2. The summed E-state index contributed by atoms with van der Waals surface area (Å²) in [5.74, 6) is -3.73. The third kappa shape index (κ3) is 6.50. The Morgan fingerprint density at radius 1 is 1.21 bits per heavy atom. The fourth-order valence-electron chi connectivity index (χ4n) is 7.23. The molecule has 250 valence electrons. The van der Waals surface area contributed by atoms with Gasteiger partial charge in [-0.1, -0.05) is 82.1 Å². The minimum absolute atomic E-state index is 0.108. The number of aliphatic hydroxyl groups is 1. The number of halogens is 2. The van der Waals surface area contributed by atoms with Crippen molar-refractivity contribution in [3.05, 3.63) is 90.0 Å². The number of esters is 1. The summed E-state index contributed by atoms with van der Waals surface area (Å²) in [6.45, 7) is 8.78. The van der Waals surface area contributed by atoms with Crippen molar-refractivity contribution in [1.82, 2.24) is 10.2 Å². The number of alkyl halides is 1.